The van der Waals surface area contributed by atoms with E-state index >= 15 is 0 Å². The summed E-state index contributed by atoms with van der Waals surface area (Å²) >= 11 is 0. The zero-order valence-corrected chi connectivity index (χ0v) is 11.0. The Balaban J connectivity index is 1.63. The monoisotopic (exact) mass is 246 g/mol. The Bertz CT molecular complexity index is 389. The van der Waals surface area contributed by atoms with Gasteiger partial charge >= 0.3 is 0 Å². The van der Waals surface area contributed by atoms with Crippen molar-refractivity contribution in [3.63, 3.8) is 0 Å². The van der Waals surface area contributed by atoms with E-state index in [4.69, 9.17) is 5.11 Å². The van der Waals surface area contributed by atoms with E-state index in [1.54, 1.807) is 0 Å². The second-order valence-electron chi connectivity index (χ2n) is 5.72. The lowest BCUT2D eigenvalue weighted by atomic mass is 9.97. The molecule has 3 heteroatoms. The smallest absolute Gasteiger partial charge is 0.0681 e. The second kappa shape index (κ2) is 4.90. The summed E-state index contributed by atoms with van der Waals surface area (Å²) in [5.74, 6) is 0. The van der Waals surface area contributed by atoms with E-state index in [1.165, 1.54) is 31.4 Å². The maximum absolute atomic E-state index is 9.03. The molecule has 0 amide bonds. The van der Waals surface area contributed by atoms with E-state index in [9.17, 15) is 0 Å². The molecule has 2 N–H and O–H groups in total. The van der Waals surface area contributed by atoms with E-state index in [1.807, 2.05) is 12.1 Å². The SMILES string of the molecule is CN1C2CCC1CC(Nc1ccc(CO)cc1)C2. The van der Waals surface area contributed by atoms with Crippen molar-refractivity contribution in [2.45, 2.75) is 50.4 Å². The van der Waals surface area contributed by atoms with Crippen LogP contribution in [0.4, 0.5) is 5.69 Å². The fourth-order valence-electron chi connectivity index (χ4n) is 3.47. The summed E-state index contributed by atoms with van der Waals surface area (Å²) in [6, 6.07) is 10.3. The first-order chi connectivity index (χ1) is 8.76. The fourth-order valence-corrected chi connectivity index (χ4v) is 3.47. The molecule has 0 saturated carbocycles. The molecule has 2 unspecified atom stereocenters. The third kappa shape index (κ3) is 2.25. The first kappa shape index (κ1) is 12.0. The topological polar surface area (TPSA) is 35.5 Å². The van der Waals surface area contributed by atoms with E-state index in [0.29, 0.717) is 6.04 Å². The molecule has 1 aromatic carbocycles. The molecule has 2 aliphatic heterocycles. The lowest BCUT2D eigenvalue weighted by Gasteiger charge is -2.37. The quantitative estimate of drug-likeness (QED) is 0.858. The highest BCUT2D eigenvalue weighted by molar-refractivity contribution is 5.45. The molecule has 98 valence electrons. The standard InChI is InChI=1S/C15H22N2O/c1-17-14-6-7-15(17)9-13(8-14)16-12-4-2-11(10-18)3-5-12/h2-5,13-16,18H,6-10H2,1H3. The van der Waals surface area contributed by atoms with Gasteiger partial charge in [0.2, 0.25) is 0 Å². The Hall–Kier alpha value is -1.06. The molecule has 0 spiro atoms. The molecule has 2 bridgehead atoms. The summed E-state index contributed by atoms with van der Waals surface area (Å²) in [5, 5.41) is 12.7. The van der Waals surface area contributed by atoms with Gasteiger partial charge in [0, 0.05) is 23.8 Å². The molecular formula is C15H22N2O. The average molecular weight is 246 g/mol. The van der Waals surface area contributed by atoms with Crippen LogP contribution in [0.25, 0.3) is 0 Å². The van der Waals surface area contributed by atoms with E-state index < -0.39 is 0 Å². The first-order valence-electron chi connectivity index (χ1n) is 6.94. The van der Waals surface area contributed by atoms with Gasteiger partial charge in [0.15, 0.2) is 0 Å². The van der Waals surface area contributed by atoms with Crippen molar-refractivity contribution in [2.24, 2.45) is 0 Å². The van der Waals surface area contributed by atoms with Gasteiger partial charge in [0.1, 0.15) is 0 Å². The molecule has 0 aromatic heterocycles. The highest BCUT2D eigenvalue weighted by Gasteiger charge is 2.38. The largest absolute Gasteiger partial charge is 0.392 e. The van der Waals surface area contributed by atoms with Crippen LogP contribution in [0.3, 0.4) is 0 Å². The number of benzene rings is 1. The molecule has 3 nitrogen and oxygen atoms in total. The van der Waals surface area contributed by atoms with E-state index in [0.717, 1.165) is 17.6 Å². The zero-order chi connectivity index (χ0) is 12.5. The minimum atomic E-state index is 0.124. The molecule has 2 heterocycles. The molecule has 3 rings (SSSR count). The number of nitrogens with one attached hydrogen (secondary N) is 1. The maximum Gasteiger partial charge on any atom is 0.0681 e. The molecule has 18 heavy (non-hydrogen) atoms. The minimum absolute atomic E-state index is 0.124. The van der Waals surface area contributed by atoms with Gasteiger partial charge < -0.3 is 15.3 Å². The maximum atomic E-state index is 9.03. The van der Waals surface area contributed by atoms with Crippen molar-refractivity contribution in [1.29, 1.82) is 0 Å². The van der Waals surface area contributed by atoms with Crippen LogP contribution < -0.4 is 5.32 Å². The van der Waals surface area contributed by atoms with Crippen LogP contribution in [0, 0.1) is 0 Å². The summed E-state index contributed by atoms with van der Waals surface area (Å²) in [6.45, 7) is 0.124. The normalized spacial score (nSPS) is 31.6. The molecule has 2 aliphatic rings. The molecule has 2 atom stereocenters. The van der Waals surface area contributed by atoms with E-state index in [-0.39, 0.29) is 6.61 Å². The van der Waals surface area contributed by atoms with E-state index in [2.05, 4.69) is 29.4 Å². The van der Waals surface area contributed by atoms with Gasteiger partial charge in [0.05, 0.1) is 6.61 Å². The molecule has 1 aromatic rings. The highest BCUT2D eigenvalue weighted by Crippen LogP contribution is 2.35. The number of rotatable bonds is 3. The van der Waals surface area contributed by atoms with Crippen LogP contribution in [0.15, 0.2) is 24.3 Å². The third-order valence-corrected chi connectivity index (χ3v) is 4.61. The number of aliphatic hydroxyl groups excluding tert-OH is 1. The number of hydrogen-bond acceptors (Lipinski definition) is 3. The van der Waals surface area contributed by atoms with Crippen molar-refractivity contribution < 1.29 is 5.11 Å². The second-order valence-corrected chi connectivity index (χ2v) is 5.72. The van der Waals surface area contributed by atoms with Crippen LogP contribution in [-0.2, 0) is 6.61 Å². The van der Waals surface area contributed by atoms with Crippen molar-refractivity contribution in [3.8, 4) is 0 Å². The van der Waals surface area contributed by atoms with Gasteiger partial charge in [-0.25, -0.2) is 0 Å². The van der Waals surface area contributed by atoms with Crippen LogP contribution in [-0.4, -0.2) is 35.2 Å². The molecule has 0 aliphatic carbocycles. The summed E-state index contributed by atoms with van der Waals surface area (Å²) in [5.41, 5.74) is 2.16. The Morgan fingerprint density at radius 1 is 1.17 bits per heavy atom. The summed E-state index contributed by atoms with van der Waals surface area (Å²) < 4.78 is 0. The van der Waals surface area contributed by atoms with Gasteiger partial charge in [-0.15, -0.1) is 0 Å². The number of piperidine rings is 1. The Morgan fingerprint density at radius 2 is 1.78 bits per heavy atom. The third-order valence-electron chi connectivity index (χ3n) is 4.61. The van der Waals surface area contributed by atoms with Crippen LogP contribution >= 0.6 is 0 Å². The number of hydrogen-bond donors (Lipinski definition) is 2. The predicted octanol–water partition coefficient (Wildman–Crippen LogP) is 2.22. The molecule has 2 saturated heterocycles. The fraction of sp³-hybridized carbons (Fsp3) is 0.600. The lowest BCUT2D eigenvalue weighted by molar-refractivity contribution is 0.169. The van der Waals surface area contributed by atoms with Crippen molar-refractivity contribution >= 4 is 5.69 Å². The van der Waals surface area contributed by atoms with Crippen LogP contribution in [0.5, 0.6) is 0 Å². The Kier molecular flexibility index (Phi) is 3.27. The zero-order valence-electron chi connectivity index (χ0n) is 11.0. The summed E-state index contributed by atoms with van der Waals surface area (Å²) in [7, 11) is 2.27. The molecule has 0 radical (unpaired) electrons. The Morgan fingerprint density at radius 3 is 2.33 bits per heavy atom. The summed E-state index contributed by atoms with van der Waals surface area (Å²) in [4.78, 5) is 2.56. The van der Waals surface area contributed by atoms with Gasteiger partial charge in [-0.1, -0.05) is 12.1 Å². The minimum Gasteiger partial charge on any atom is -0.392 e. The number of fused-ring (bicyclic) bond motifs is 2. The first-order valence-corrected chi connectivity index (χ1v) is 6.94. The van der Waals surface area contributed by atoms with Gasteiger partial charge in [-0.3, -0.25) is 0 Å². The van der Waals surface area contributed by atoms with Gasteiger partial charge in [-0.2, -0.15) is 0 Å². The van der Waals surface area contributed by atoms with Gasteiger partial charge in [0.25, 0.3) is 0 Å². The number of anilines is 1. The molecular weight excluding hydrogens is 224 g/mol. The van der Waals surface area contributed by atoms with Crippen molar-refractivity contribution in [1.82, 2.24) is 4.90 Å². The lowest BCUT2D eigenvalue weighted by Crippen LogP contribution is -2.44. The number of aliphatic hydroxyl groups is 1. The Labute approximate surface area is 109 Å². The molecule has 2 fully saturated rings. The van der Waals surface area contributed by atoms with Crippen LogP contribution in [0.1, 0.15) is 31.2 Å². The van der Waals surface area contributed by atoms with Gasteiger partial charge in [-0.05, 0) is 50.4 Å². The van der Waals surface area contributed by atoms with Crippen LogP contribution in [0.2, 0.25) is 0 Å². The van der Waals surface area contributed by atoms with Crippen molar-refractivity contribution in [2.75, 3.05) is 12.4 Å². The predicted molar refractivity (Wildman–Crippen MR) is 73.6 cm³/mol. The number of nitrogens with zero attached hydrogens (tertiary/aromatic N) is 1. The highest BCUT2D eigenvalue weighted by atomic mass is 16.3. The van der Waals surface area contributed by atoms with Crippen molar-refractivity contribution in [3.05, 3.63) is 29.8 Å². The summed E-state index contributed by atoms with van der Waals surface area (Å²) in [6.07, 6.45) is 5.25. The average Bonchev–Trinajstić information content (AvgIpc) is 2.63.